The van der Waals surface area contributed by atoms with Crippen LogP contribution in [0.5, 0.6) is 0 Å². The summed E-state index contributed by atoms with van der Waals surface area (Å²) in [5, 5.41) is 0. The minimum Gasteiger partial charge on any atom is -0.444 e. The number of allylic oxidation sites excluding steroid dienone is 9. The van der Waals surface area contributed by atoms with E-state index in [4.69, 9.17) is 19.4 Å². The third-order valence-electron chi connectivity index (χ3n) is 9.53. The SMILES string of the molecule is C=C1C=C(c2ccc(-c3cnc([C@@H]4C[C@H](C)CN4C(=O)OC(C)(C)C)[nH]3)cc2)/C=C\C/C=C(c2cnc([C@@H]3C[C@H](C)CN3C(=O)OC(C)(C)C)[nH]2)\C=C/1. The zero-order chi connectivity index (χ0) is 38.1. The van der Waals surface area contributed by atoms with E-state index in [-0.39, 0.29) is 24.3 Å². The highest BCUT2D eigenvalue weighted by Crippen LogP contribution is 2.37. The number of likely N-dealkylation sites (tertiary alicyclic amines) is 2. The number of imidazole rings is 2. The summed E-state index contributed by atoms with van der Waals surface area (Å²) in [5.41, 5.74) is 5.69. The molecule has 6 rings (SSSR count). The first-order chi connectivity index (χ1) is 25.0. The van der Waals surface area contributed by atoms with Crippen LogP contribution >= 0.6 is 0 Å². The fourth-order valence-electron chi connectivity index (χ4n) is 7.13. The number of amides is 2. The highest BCUT2D eigenvalue weighted by atomic mass is 16.6. The molecule has 3 aromatic rings. The summed E-state index contributed by atoms with van der Waals surface area (Å²) in [6.45, 7) is 21.2. The van der Waals surface area contributed by atoms with Crippen LogP contribution in [-0.2, 0) is 9.47 Å². The Morgan fingerprint density at radius 3 is 1.79 bits per heavy atom. The molecule has 2 aromatic heterocycles. The Bertz CT molecular complexity index is 1950. The molecule has 0 unspecified atom stereocenters. The largest absolute Gasteiger partial charge is 0.444 e. The Labute approximate surface area is 313 Å². The molecule has 2 saturated heterocycles. The number of aromatic amines is 2. The fourth-order valence-corrected chi connectivity index (χ4v) is 7.13. The van der Waals surface area contributed by atoms with Gasteiger partial charge in [0.15, 0.2) is 0 Å². The molecule has 0 bridgehead atoms. The minimum atomic E-state index is -0.560. The molecule has 2 fully saturated rings. The molecule has 0 saturated carbocycles. The summed E-state index contributed by atoms with van der Waals surface area (Å²) in [4.78, 5) is 46.0. The number of benzene rings is 1. The molecule has 4 heterocycles. The number of aromatic nitrogens is 4. The Morgan fingerprint density at radius 1 is 0.736 bits per heavy atom. The number of carbonyl (C=O) groups is 2. The van der Waals surface area contributed by atoms with Crippen LogP contribution in [0.3, 0.4) is 0 Å². The van der Waals surface area contributed by atoms with E-state index in [1.807, 2.05) is 60.0 Å². The average Bonchev–Trinajstić information content (AvgIpc) is 3.89. The number of H-pyrrole nitrogens is 2. The van der Waals surface area contributed by atoms with Crippen LogP contribution in [0.2, 0.25) is 0 Å². The van der Waals surface area contributed by atoms with Crippen molar-refractivity contribution in [2.24, 2.45) is 11.8 Å². The second-order valence-electron chi connectivity index (χ2n) is 16.7. The van der Waals surface area contributed by atoms with Crippen molar-refractivity contribution >= 4 is 23.3 Å². The molecule has 2 N–H and O–H groups in total. The van der Waals surface area contributed by atoms with Gasteiger partial charge >= 0.3 is 12.2 Å². The van der Waals surface area contributed by atoms with Gasteiger partial charge in [-0.25, -0.2) is 19.6 Å². The normalized spacial score (nSPS) is 24.7. The van der Waals surface area contributed by atoms with Gasteiger partial charge in [-0.2, -0.15) is 0 Å². The first-order valence-electron chi connectivity index (χ1n) is 18.7. The highest BCUT2D eigenvalue weighted by molar-refractivity contribution is 5.80. The van der Waals surface area contributed by atoms with Crippen LogP contribution < -0.4 is 0 Å². The quantitative estimate of drug-likeness (QED) is 0.271. The lowest BCUT2D eigenvalue weighted by molar-refractivity contribution is 0.0204. The summed E-state index contributed by atoms with van der Waals surface area (Å²) in [6.07, 6.45) is 18.1. The smallest absolute Gasteiger partial charge is 0.410 e. The summed E-state index contributed by atoms with van der Waals surface area (Å²) in [6, 6.07) is 8.08. The lowest BCUT2D eigenvalue weighted by Crippen LogP contribution is -2.37. The first-order valence-corrected chi connectivity index (χ1v) is 18.7. The lowest BCUT2D eigenvalue weighted by atomic mass is 9.99. The van der Waals surface area contributed by atoms with Gasteiger partial charge in [0.1, 0.15) is 22.9 Å². The number of hydrogen-bond acceptors (Lipinski definition) is 6. The van der Waals surface area contributed by atoms with Gasteiger partial charge < -0.3 is 19.4 Å². The number of hydrogen-bond donors (Lipinski definition) is 2. The van der Waals surface area contributed by atoms with Crippen molar-refractivity contribution in [1.29, 1.82) is 0 Å². The molecular weight excluding hydrogens is 665 g/mol. The monoisotopic (exact) mass is 718 g/mol. The van der Waals surface area contributed by atoms with Gasteiger partial charge in [0.05, 0.1) is 35.9 Å². The second-order valence-corrected chi connectivity index (χ2v) is 16.7. The summed E-state index contributed by atoms with van der Waals surface area (Å²) in [5.74, 6) is 2.24. The number of nitrogens with zero attached hydrogens (tertiary/aromatic N) is 4. The van der Waals surface area contributed by atoms with Crippen molar-refractivity contribution < 1.29 is 19.1 Å². The molecule has 4 atom stereocenters. The van der Waals surface area contributed by atoms with E-state index in [1.165, 1.54) is 0 Å². The maximum atomic E-state index is 13.0. The highest BCUT2D eigenvalue weighted by Gasteiger charge is 2.39. The topological polar surface area (TPSA) is 116 Å². The standard InChI is InChI=1S/C43H54N6O4/c1-27-14-15-31(34-23-44-38(46-34)36-21-28(2)25-48(36)40(50)52-42(4,5)6)12-10-11-13-33(20-27)30-16-18-32(19-17-30)35-24-45-39(47-35)37-22-29(3)26-49(37)41(51)53-43(7,8)9/h11-20,23-24,28-29,36-37H,1,10,21-22,25-26H2,2-9H3,(H,44,46)(H,45,47)/b13-11-,15-14-,31-12+,33-20?/t28-,29-,36-,37-/m0/s1. The van der Waals surface area contributed by atoms with Crippen LogP contribution in [0.4, 0.5) is 9.59 Å². The van der Waals surface area contributed by atoms with Crippen LogP contribution in [0.15, 0.2) is 85.3 Å². The van der Waals surface area contributed by atoms with Crippen LogP contribution in [0, 0.1) is 11.8 Å². The van der Waals surface area contributed by atoms with Crippen molar-refractivity contribution in [1.82, 2.24) is 29.7 Å². The number of nitrogens with one attached hydrogen (secondary N) is 2. The maximum absolute atomic E-state index is 13.0. The van der Waals surface area contributed by atoms with Crippen molar-refractivity contribution in [3.63, 3.8) is 0 Å². The van der Waals surface area contributed by atoms with E-state index in [9.17, 15) is 9.59 Å². The van der Waals surface area contributed by atoms with Gasteiger partial charge in [0.2, 0.25) is 0 Å². The third-order valence-corrected chi connectivity index (χ3v) is 9.53. The van der Waals surface area contributed by atoms with Crippen molar-refractivity contribution in [3.8, 4) is 11.3 Å². The number of rotatable bonds is 5. The van der Waals surface area contributed by atoms with Gasteiger partial charge in [0, 0.05) is 13.1 Å². The molecule has 3 aliphatic rings. The Morgan fingerprint density at radius 2 is 1.25 bits per heavy atom. The molecule has 2 aliphatic heterocycles. The van der Waals surface area contributed by atoms with Crippen molar-refractivity contribution in [3.05, 3.63) is 108 Å². The molecule has 10 nitrogen and oxygen atoms in total. The van der Waals surface area contributed by atoms with E-state index in [2.05, 4.69) is 85.0 Å². The van der Waals surface area contributed by atoms with Gasteiger partial charge in [-0.05, 0) is 107 Å². The maximum Gasteiger partial charge on any atom is 0.410 e. The fraction of sp³-hybridized carbons (Fsp3) is 0.442. The average molecular weight is 719 g/mol. The van der Waals surface area contributed by atoms with Crippen molar-refractivity contribution in [2.45, 2.75) is 97.9 Å². The number of ether oxygens (including phenoxy) is 2. The first kappa shape index (κ1) is 37.6. The molecule has 280 valence electrons. The molecule has 53 heavy (non-hydrogen) atoms. The predicted octanol–water partition coefficient (Wildman–Crippen LogP) is 9.98. The van der Waals surface area contributed by atoms with E-state index >= 15 is 0 Å². The molecule has 1 aromatic carbocycles. The van der Waals surface area contributed by atoms with Crippen LogP contribution in [-0.4, -0.2) is 66.2 Å². The van der Waals surface area contributed by atoms with Crippen LogP contribution in [0.25, 0.3) is 22.4 Å². The zero-order valence-electron chi connectivity index (χ0n) is 32.4. The Hall–Kier alpha value is -5.12. The molecule has 0 spiro atoms. The summed E-state index contributed by atoms with van der Waals surface area (Å²) >= 11 is 0. The Balaban J connectivity index is 1.13. The van der Waals surface area contributed by atoms with Gasteiger partial charge in [-0.1, -0.05) is 75.1 Å². The van der Waals surface area contributed by atoms with Gasteiger partial charge in [0.25, 0.3) is 0 Å². The second kappa shape index (κ2) is 15.1. The Kier molecular flexibility index (Phi) is 10.7. The molecular formula is C43H54N6O4. The predicted molar refractivity (Wildman–Crippen MR) is 210 cm³/mol. The molecule has 1 aliphatic carbocycles. The van der Waals surface area contributed by atoms with Gasteiger partial charge in [-0.15, -0.1) is 0 Å². The minimum absolute atomic E-state index is 0.152. The molecule has 10 heteroatoms. The van der Waals surface area contributed by atoms with Gasteiger partial charge in [-0.3, -0.25) is 9.80 Å². The summed E-state index contributed by atoms with van der Waals surface area (Å²) < 4.78 is 11.4. The molecule has 2 amide bonds. The number of carbonyl (C=O) groups excluding carboxylic acids is 2. The van der Waals surface area contributed by atoms with E-state index in [1.54, 1.807) is 9.80 Å². The zero-order valence-corrected chi connectivity index (χ0v) is 32.4. The molecule has 0 radical (unpaired) electrons. The van der Waals surface area contributed by atoms with E-state index in [0.717, 1.165) is 70.1 Å². The van der Waals surface area contributed by atoms with E-state index in [0.29, 0.717) is 24.9 Å². The van der Waals surface area contributed by atoms with Crippen molar-refractivity contribution in [2.75, 3.05) is 13.1 Å². The van der Waals surface area contributed by atoms with E-state index < -0.39 is 11.2 Å². The summed E-state index contributed by atoms with van der Waals surface area (Å²) in [7, 11) is 0. The van der Waals surface area contributed by atoms with Crippen LogP contribution in [0.1, 0.15) is 110 Å². The third kappa shape index (κ3) is 9.28. The lowest BCUT2D eigenvalue weighted by Gasteiger charge is -2.27.